The van der Waals surface area contributed by atoms with Crippen LogP contribution >= 0.6 is 11.6 Å². The maximum absolute atomic E-state index is 6.09. The van der Waals surface area contributed by atoms with E-state index >= 15 is 0 Å². The summed E-state index contributed by atoms with van der Waals surface area (Å²) in [6.45, 7) is 6.55. The average molecular weight is 274 g/mol. The van der Waals surface area contributed by atoms with E-state index in [9.17, 15) is 0 Å². The average Bonchev–Trinajstić information content (AvgIpc) is 2.46. The lowest BCUT2D eigenvalue weighted by atomic mass is 9.88. The third-order valence-corrected chi connectivity index (χ3v) is 3.51. The van der Waals surface area contributed by atoms with E-state index in [2.05, 4.69) is 26.0 Å². The van der Waals surface area contributed by atoms with Gasteiger partial charge in [-0.2, -0.15) is 0 Å². The van der Waals surface area contributed by atoms with Gasteiger partial charge in [-0.1, -0.05) is 61.0 Å². The summed E-state index contributed by atoms with van der Waals surface area (Å²) < 4.78 is 6.09. The second kappa shape index (κ2) is 6.23. The van der Waals surface area contributed by atoms with Crippen LogP contribution in [0.25, 0.3) is 0 Å². The smallest absolute Gasteiger partial charge is 0.115 e. The van der Waals surface area contributed by atoms with Crippen LogP contribution in [-0.2, 0) is 10.3 Å². The fourth-order valence-corrected chi connectivity index (χ4v) is 2.26. The van der Waals surface area contributed by atoms with Gasteiger partial charge in [0.05, 0.1) is 0 Å². The van der Waals surface area contributed by atoms with Gasteiger partial charge in [0.1, 0.15) is 5.60 Å². The molecule has 2 aromatic rings. The molecule has 0 bridgehead atoms. The summed E-state index contributed by atoms with van der Waals surface area (Å²) in [5.41, 5.74) is 1.76. The van der Waals surface area contributed by atoms with Crippen LogP contribution in [-0.4, -0.2) is 6.61 Å². The first-order chi connectivity index (χ1) is 9.16. The van der Waals surface area contributed by atoms with Gasteiger partial charge < -0.3 is 4.74 Å². The molecular weight excluding hydrogens is 256 g/mol. The molecule has 0 saturated carbocycles. The fraction of sp³-hybridized carbons (Fsp3) is 0.235. The molecule has 0 aromatic heterocycles. The molecule has 0 saturated heterocycles. The van der Waals surface area contributed by atoms with Crippen molar-refractivity contribution < 1.29 is 4.74 Å². The highest BCUT2D eigenvalue weighted by molar-refractivity contribution is 6.30. The number of ether oxygens (including phenoxy) is 1. The summed E-state index contributed by atoms with van der Waals surface area (Å²) in [6, 6.07) is 18.0. The number of halogens is 1. The molecule has 1 unspecified atom stereocenters. The first-order valence-corrected chi connectivity index (χ1v) is 6.79. The van der Waals surface area contributed by atoms with Gasteiger partial charge in [0.25, 0.3) is 0 Å². The van der Waals surface area contributed by atoms with Crippen molar-refractivity contribution in [3.63, 3.8) is 0 Å². The molecule has 2 rings (SSSR count). The predicted octanol–water partition coefficient (Wildman–Crippen LogP) is 4.84. The Morgan fingerprint density at radius 3 is 2.16 bits per heavy atom. The summed E-state index contributed by atoms with van der Waals surface area (Å²) in [5.74, 6) is 0. The van der Waals surface area contributed by atoms with Crippen molar-refractivity contribution in [3.05, 3.63) is 77.7 Å². The molecule has 2 heteroatoms. The molecule has 1 atom stereocenters. The molecule has 0 aliphatic carbocycles. The van der Waals surface area contributed by atoms with Gasteiger partial charge >= 0.3 is 0 Å². The molecule has 99 valence electrons. The number of benzene rings is 2. The van der Waals surface area contributed by atoms with Crippen molar-refractivity contribution in [1.29, 1.82) is 0 Å². The second-order valence-electron chi connectivity index (χ2n) is 4.61. The Labute approximate surface area is 120 Å². The number of rotatable bonds is 5. The van der Waals surface area contributed by atoms with Gasteiger partial charge in [0.15, 0.2) is 0 Å². The van der Waals surface area contributed by atoms with E-state index in [1.807, 2.05) is 42.5 Å². The molecule has 0 aliphatic rings. The summed E-state index contributed by atoms with van der Waals surface area (Å²) in [5, 5.41) is 0.733. The lowest BCUT2D eigenvalue weighted by Gasteiger charge is -2.31. The lowest BCUT2D eigenvalue weighted by molar-refractivity contribution is -0.00167. The van der Waals surface area contributed by atoms with Crippen LogP contribution in [0.15, 0.2) is 54.6 Å². The molecule has 0 N–H and O–H groups in total. The Kier molecular flexibility index (Phi) is 4.62. The van der Waals surface area contributed by atoms with E-state index in [4.69, 9.17) is 16.3 Å². The van der Waals surface area contributed by atoms with Crippen molar-refractivity contribution in [2.45, 2.75) is 18.9 Å². The maximum atomic E-state index is 6.09. The minimum atomic E-state index is -0.469. The van der Waals surface area contributed by atoms with E-state index in [0.717, 1.165) is 22.6 Å². The van der Waals surface area contributed by atoms with Crippen LogP contribution in [0.3, 0.4) is 0 Å². The number of hydrogen-bond donors (Lipinski definition) is 0. The highest BCUT2D eigenvalue weighted by atomic mass is 35.5. The zero-order valence-corrected chi connectivity index (χ0v) is 11.9. The second-order valence-corrected chi connectivity index (χ2v) is 5.04. The van der Waals surface area contributed by atoms with Crippen LogP contribution in [0, 0.1) is 6.92 Å². The normalized spacial score (nSPS) is 14.1. The van der Waals surface area contributed by atoms with Crippen molar-refractivity contribution in [2.24, 2.45) is 0 Å². The summed E-state index contributed by atoms with van der Waals surface area (Å²) >= 11 is 5.96. The largest absolute Gasteiger partial charge is 0.366 e. The van der Waals surface area contributed by atoms with Gasteiger partial charge in [-0.3, -0.25) is 0 Å². The van der Waals surface area contributed by atoms with Gasteiger partial charge in [0.2, 0.25) is 0 Å². The summed E-state index contributed by atoms with van der Waals surface area (Å²) in [4.78, 5) is 0. The molecule has 0 amide bonds. The van der Waals surface area contributed by atoms with Crippen LogP contribution < -0.4 is 0 Å². The molecule has 0 heterocycles. The Hall–Kier alpha value is -1.31. The molecule has 1 nitrogen and oxygen atoms in total. The molecule has 2 aromatic carbocycles. The fourth-order valence-electron chi connectivity index (χ4n) is 2.13. The standard InChI is InChI=1S/C17H18ClO/c1-3-13-19-17(2,14-7-5-4-6-8-14)15-9-11-16(18)12-10-15/h4-12H,1,3,13H2,2H3. The monoisotopic (exact) mass is 273 g/mol. The SMILES string of the molecule is [CH2]CCOC(C)(c1ccccc1)c1ccc(Cl)cc1. The van der Waals surface area contributed by atoms with Crippen LogP contribution in [0.5, 0.6) is 0 Å². The van der Waals surface area contributed by atoms with E-state index in [-0.39, 0.29) is 0 Å². The van der Waals surface area contributed by atoms with Crippen LogP contribution in [0.2, 0.25) is 5.02 Å². The quantitative estimate of drug-likeness (QED) is 0.757. The Morgan fingerprint density at radius 1 is 1.00 bits per heavy atom. The third kappa shape index (κ3) is 3.17. The van der Waals surface area contributed by atoms with E-state index < -0.39 is 5.60 Å². The Morgan fingerprint density at radius 2 is 1.58 bits per heavy atom. The van der Waals surface area contributed by atoms with Crippen LogP contribution in [0.1, 0.15) is 24.5 Å². The molecule has 1 radical (unpaired) electrons. The van der Waals surface area contributed by atoms with Gasteiger partial charge in [-0.05, 0) is 36.6 Å². The first kappa shape index (κ1) is 14.1. The molecule has 0 fully saturated rings. The summed E-state index contributed by atoms with van der Waals surface area (Å²) in [6.07, 6.45) is 0.746. The zero-order valence-electron chi connectivity index (χ0n) is 11.1. The topological polar surface area (TPSA) is 9.23 Å². The molecule has 19 heavy (non-hydrogen) atoms. The van der Waals surface area contributed by atoms with Gasteiger partial charge in [-0.25, -0.2) is 0 Å². The van der Waals surface area contributed by atoms with Crippen LogP contribution in [0.4, 0.5) is 0 Å². The van der Waals surface area contributed by atoms with E-state index in [1.165, 1.54) is 0 Å². The van der Waals surface area contributed by atoms with Crippen molar-refractivity contribution in [3.8, 4) is 0 Å². The molecule has 0 spiro atoms. The van der Waals surface area contributed by atoms with Crippen molar-refractivity contribution >= 4 is 11.6 Å². The van der Waals surface area contributed by atoms with Gasteiger partial charge in [-0.15, -0.1) is 0 Å². The zero-order chi connectivity index (χ0) is 13.7. The third-order valence-electron chi connectivity index (χ3n) is 3.25. The van der Waals surface area contributed by atoms with Gasteiger partial charge in [0, 0.05) is 11.6 Å². The van der Waals surface area contributed by atoms with Crippen molar-refractivity contribution in [1.82, 2.24) is 0 Å². The highest BCUT2D eigenvalue weighted by Crippen LogP contribution is 2.33. The summed E-state index contributed by atoms with van der Waals surface area (Å²) in [7, 11) is 0. The van der Waals surface area contributed by atoms with E-state index in [0.29, 0.717) is 6.61 Å². The minimum absolute atomic E-state index is 0.469. The maximum Gasteiger partial charge on any atom is 0.115 e. The Balaban J connectivity index is 2.42. The van der Waals surface area contributed by atoms with Crippen molar-refractivity contribution in [2.75, 3.05) is 6.61 Å². The molecule has 0 aliphatic heterocycles. The molecular formula is C17H18ClO. The minimum Gasteiger partial charge on any atom is -0.366 e. The first-order valence-electron chi connectivity index (χ1n) is 6.41. The van der Waals surface area contributed by atoms with E-state index in [1.54, 1.807) is 0 Å². The predicted molar refractivity (Wildman–Crippen MR) is 80.3 cm³/mol. The number of hydrogen-bond acceptors (Lipinski definition) is 1. The Bertz CT molecular complexity index is 507. The highest BCUT2D eigenvalue weighted by Gasteiger charge is 2.29. The lowest BCUT2D eigenvalue weighted by Crippen LogP contribution is -2.27.